The molecule has 1 amide bonds. The minimum absolute atomic E-state index is 0.234. The number of rotatable bonds is 7. The van der Waals surface area contributed by atoms with Crippen molar-refractivity contribution in [3.8, 4) is 17.4 Å². The molecule has 2 aromatic heterocycles. The standard InChI is InChI=1S/C21H16N6O5/c1-31-15-9-3-2-8-14(15)20(28)26-25-19-18(27(29)30)21(24-12-23-19)32-16-10-4-6-13-7-5-11-22-17(13)16/h2-12H,1H3,(H,26,28)(H,23,24,25). The molecule has 0 aliphatic heterocycles. The summed E-state index contributed by atoms with van der Waals surface area (Å²) in [5, 5.41) is 12.6. The molecule has 11 heteroatoms. The van der Waals surface area contributed by atoms with Crippen molar-refractivity contribution >= 4 is 28.3 Å². The molecule has 4 rings (SSSR count). The minimum atomic E-state index is -0.703. The Kier molecular flexibility index (Phi) is 5.70. The molecule has 0 radical (unpaired) electrons. The maximum atomic E-state index is 12.5. The molecule has 0 spiro atoms. The number of hydrogen-bond donors (Lipinski definition) is 2. The predicted molar refractivity (Wildman–Crippen MR) is 115 cm³/mol. The Morgan fingerprint density at radius 3 is 2.59 bits per heavy atom. The molecule has 0 fully saturated rings. The van der Waals surface area contributed by atoms with E-state index in [-0.39, 0.29) is 23.0 Å². The highest BCUT2D eigenvalue weighted by atomic mass is 16.6. The number of para-hydroxylation sites is 2. The number of ether oxygens (including phenoxy) is 2. The molecule has 0 atom stereocenters. The van der Waals surface area contributed by atoms with Crippen LogP contribution in [0.4, 0.5) is 11.5 Å². The van der Waals surface area contributed by atoms with Crippen LogP contribution in [0.1, 0.15) is 10.4 Å². The molecule has 0 bridgehead atoms. The molecule has 0 aliphatic carbocycles. The molecule has 32 heavy (non-hydrogen) atoms. The lowest BCUT2D eigenvalue weighted by atomic mass is 10.2. The minimum Gasteiger partial charge on any atom is -0.496 e. The molecule has 4 aromatic rings. The van der Waals surface area contributed by atoms with Gasteiger partial charge >= 0.3 is 11.6 Å². The van der Waals surface area contributed by atoms with Crippen LogP contribution in [0, 0.1) is 10.1 Å². The van der Waals surface area contributed by atoms with Crippen LogP contribution in [0.15, 0.2) is 67.1 Å². The number of hydrogen-bond acceptors (Lipinski definition) is 9. The molecular weight excluding hydrogens is 416 g/mol. The van der Waals surface area contributed by atoms with Crippen LogP contribution in [0.3, 0.4) is 0 Å². The molecule has 2 aromatic carbocycles. The summed E-state index contributed by atoms with van der Waals surface area (Å²) in [5.74, 6) is -0.505. The Morgan fingerprint density at radius 2 is 1.78 bits per heavy atom. The predicted octanol–water partition coefficient (Wildman–Crippen LogP) is 3.49. The molecule has 0 saturated heterocycles. The monoisotopic (exact) mass is 432 g/mol. The Morgan fingerprint density at radius 1 is 1.00 bits per heavy atom. The number of hydrazine groups is 1. The summed E-state index contributed by atoms with van der Waals surface area (Å²) in [6.45, 7) is 0. The first-order valence-electron chi connectivity index (χ1n) is 9.29. The summed E-state index contributed by atoms with van der Waals surface area (Å²) in [5.41, 5.74) is 5.03. The van der Waals surface area contributed by atoms with Gasteiger partial charge in [0, 0.05) is 11.6 Å². The number of carbonyl (C=O) groups is 1. The van der Waals surface area contributed by atoms with E-state index in [0.717, 1.165) is 11.7 Å². The van der Waals surface area contributed by atoms with Crippen molar-refractivity contribution in [2.75, 3.05) is 12.5 Å². The summed E-state index contributed by atoms with van der Waals surface area (Å²) < 4.78 is 10.9. The SMILES string of the molecule is COc1ccccc1C(=O)NNc1ncnc(Oc2cccc3cccnc23)c1[N+](=O)[O-]. The van der Waals surface area contributed by atoms with Crippen molar-refractivity contribution in [3.05, 3.63) is 82.8 Å². The molecular formula is C21H16N6O5. The number of nitro groups is 1. The van der Waals surface area contributed by atoms with Crippen molar-refractivity contribution in [3.63, 3.8) is 0 Å². The van der Waals surface area contributed by atoms with Crippen molar-refractivity contribution in [1.82, 2.24) is 20.4 Å². The van der Waals surface area contributed by atoms with E-state index in [2.05, 4.69) is 25.8 Å². The van der Waals surface area contributed by atoms with E-state index >= 15 is 0 Å². The highest BCUT2D eigenvalue weighted by Crippen LogP contribution is 2.35. The average molecular weight is 432 g/mol. The third kappa shape index (κ3) is 4.07. The van der Waals surface area contributed by atoms with Gasteiger partial charge in [-0.15, -0.1) is 0 Å². The van der Waals surface area contributed by atoms with E-state index in [1.54, 1.807) is 48.7 Å². The second-order valence-corrected chi connectivity index (χ2v) is 6.35. The van der Waals surface area contributed by atoms with E-state index < -0.39 is 16.5 Å². The number of nitrogens with zero attached hydrogens (tertiary/aromatic N) is 4. The number of carbonyl (C=O) groups excluding carboxylic acids is 1. The van der Waals surface area contributed by atoms with Crippen molar-refractivity contribution in [2.45, 2.75) is 0 Å². The average Bonchev–Trinajstić information content (AvgIpc) is 2.82. The van der Waals surface area contributed by atoms with Gasteiger partial charge in [0.15, 0.2) is 5.75 Å². The molecule has 2 heterocycles. The van der Waals surface area contributed by atoms with Gasteiger partial charge in [-0.3, -0.25) is 30.7 Å². The number of aromatic nitrogens is 3. The van der Waals surface area contributed by atoms with Crippen LogP contribution in [0.5, 0.6) is 17.4 Å². The summed E-state index contributed by atoms with van der Waals surface area (Å²) in [6, 6.07) is 15.3. The van der Waals surface area contributed by atoms with E-state index in [9.17, 15) is 14.9 Å². The van der Waals surface area contributed by atoms with Crippen molar-refractivity contribution in [2.24, 2.45) is 0 Å². The Hall–Kier alpha value is -4.80. The zero-order valence-electron chi connectivity index (χ0n) is 16.7. The molecule has 0 aliphatic rings. The zero-order valence-corrected chi connectivity index (χ0v) is 16.7. The van der Waals surface area contributed by atoms with Gasteiger partial charge in [-0.2, -0.15) is 4.98 Å². The van der Waals surface area contributed by atoms with Gasteiger partial charge in [-0.05, 0) is 24.3 Å². The maximum absolute atomic E-state index is 12.5. The molecule has 160 valence electrons. The number of anilines is 1. The lowest BCUT2D eigenvalue weighted by Crippen LogP contribution is -2.30. The number of nitrogens with one attached hydrogen (secondary N) is 2. The van der Waals surface area contributed by atoms with Gasteiger partial charge in [0.05, 0.1) is 17.6 Å². The highest BCUT2D eigenvalue weighted by molar-refractivity contribution is 5.97. The van der Waals surface area contributed by atoms with Gasteiger partial charge in [-0.25, -0.2) is 4.98 Å². The summed E-state index contributed by atoms with van der Waals surface area (Å²) in [7, 11) is 1.43. The van der Waals surface area contributed by atoms with Crippen LogP contribution in [-0.2, 0) is 0 Å². The summed E-state index contributed by atoms with van der Waals surface area (Å²) >= 11 is 0. The number of methoxy groups -OCH3 is 1. The van der Waals surface area contributed by atoms with E-state index in [0.29, 0.717) is 11.3 Å². The summed E-state index contributed by atoms with van der Waals surface area (Å²) in [4.78, 5) is 35.6. The largest absolute Gasteiger partial charge is 0.496 e. The van der Waals surface area contributed by atoms with Crippen LogP contribution in [0.25, 0.3) is 10.9 Å². The molecule has 11 nitrogen and oxygen atoms in total. The van der Waals surface area contributed by atoms with Crippen LogP contribution >= 0.6 is 0 Å². The quantitative estimate of drug-likeness (QED) is 0.331. The fourth-order valence-corrected chi connectivity index (χ4v) is 2.97. The van der Waals surface area contributed by atoms with E-state index in [1.165, 1.54) is 7.11 Å². The Balaban J connectivity index is 1.62. The first-order chi connectivity index (χ1) is 15.6. The lowest BCUT2D eigenvalue weighted by Gasteiger charge is -2.12. The van der Waals surface area contributed by atoms with Gasteiger partial charge in [0.25, 0.3) is 5.91 Å². The highest BCUT2D eigenvalue weighted by Gasteiger charge is 2.26. The van der Waals surface area contributed by atoms with Crippen molar-refractivity contribution < 1.29 is 19.2 Å². The van der Waals surface area contributed by atoms with Gasteiger partial charge in [-0.1, -0.05) is 30.3 Å². The van der Waals surface area contributed by atoms with Crippen LogP contribution in [-0.4, -0.2) is 32.9 Å². The fraction of sp³-hybridized carbons (Fsp3) is 0.0476. The topological polar surface area (TPSA) is 141 Å². The zero-order chi connectivity index (χ0) is 22.5. The normalized spacial score (nSPS) is 10.4. The second kappa shape index (κ2) is 8.92. The van der Waals surface area contributed by atoms with E-state index in [4.69, 9.17) is 9.47 Å². The third-order valence-corrected chi connectivity index (χ3v) is 4.42. The van der Waals surface area contributed by atoms with Crippen molar-refractivity contribution in [1.29, 1.82) is 0 Å². The first-order valence-corrected chi connectivity index (χ1v) is 9.29. The molecule has 0 saturated carbocycles. The number of pyridine rings is 1. The van der Waals surface area contributed by atoms with Gasteiger partial charge < -0.3 is 9.47 Å². The molecule has 2 N–H and O–H groups in total. The first kappa shape index (κ1) is 20.5. The molecule has 0 unspecified atom stereocenters. The number of amides is 1. The van der Waals surface area contributed by atoms with Crippen LogP contribution in [0.2, 0.25) is 0 Å². The smallest absolute Gasteiger partial charge is 0.374 e. The fourth-order valence-electron chi connectivity index (χ4n) is 2.97. The maximum Gasteiger partial charge on any atom is 0.374 e. The third-order valence-electron chi connectivity index (χ3n) is 4.42. The second-order valence-electron chi connectivity index (χ2n) is 6.35. The lowest BCUT2D eigenvalue weighted by molar-refractivity contribution is -0.385. The van der Waals surface area contributed by atoms with Crippen LogP contribution < -0.4 is 20.3 Å². The Labute approximate surface area is 181 Å². The van der Waals surface area contributed by atoms with Gasteiger partial charge in [0.1, 0.15) is 17.6 Å². The summed E-state index contributed by atoms with van der Waals surface area (Å²) in [6.07, 6.45) is 2.67. The number of benzene rings is 2. The Bertz CT molecular complexity index is 1310. The van der Waals surface area contributed by atoms with Gasteiger partial charge in [0.2, 0.25) is 5.82 Å². The number of fused-ring (bicyclic) bond motifs is 1. The van der Waals surface area contributed by atoms with E-state index in [1.807, 2.05) is 12.1 Å².